The molecule has 160 valence electrons. The monoisotopic (exact) mass is 459 g/mol. The Morgan fingerprint density at radius 1 is 1.19 bits per heavy atom. The Hall–Kier alpha value is -3.37. The number of aromatic nitrogens is 6. The van der Waals surface area contributed by atoms with Crippen LogP contribution in [0, 0.1) is 0 Å². The number of hydrogen-bond donors (Lipinski definition) is 4. The minimum Gasteiger partial charge on any atom is -0.382 e. The highest BCUT2D eigenvalue weighted by molar-refractivity contribution is 6.35. The number of halogens is 2. The van der Waals surface area contributed by atoms with Gasteiger partial charge in [0.25, 0.3) is 5.56 Å². The smallest absolute Gasteiger partial charge is 0.268 e. The number of H-pyrrole nitrogens is 1. The lowest BCUT2D eigenvalue weighted by Crippen LogP contribution is -2.29. The van der Waals surface area contributed by atoms with E-state index in [1.165, 1.54) is 4.57 Å². The van der Waals surface area contributed by atoms with E-state index in [1.54, 1.807) is 30.5 Å². The van der Waals surface area contributed by atoms with Gasteiger partial charge in [-0.05, 0) is 18.6 Å². The summed E-state index contributed by atoms with van der Waals surface area (Å²) in [7, 11) is 0. The van der Waals surface area contributed by atoms with E-state index in [2.05, 4.69) is 25.5 Å². The SMILES string of the molecule is CCC[C@H](Nc1nc(N)nc(N)c1Cl)c1nc2cccc(Cl)c2c(=O)n1-c1ccn[nH]1. The van der Waals surface area contributed by atoms with Crippen molar-refractivity contribution in [3.05, 3.63) is 56.7 Å². The summed E-state index contributed by atoms with van der Waals surface area (Å²) >= 11 is 12.6. The number of rotatable bonds is 6. The molecule has 31 heavy (non-hydrogen) atoms. The van der Waals surface area contributed by atoms with Crippen molar-refractivity contribution >= 4 is 51.7 Å². The number of nitrogen functional groups attached to an aromatic ring is 2. The van der Waals surface area contributed by atoms with E-state index in [4.69, 9.17) is 39.7 Å². The first-order valence-corrected chi connectivity index (χ1v) is 10.2. The number of hydrogen-bond acceptors (Lipinski definition) is 8. The first-order chi connectivity index (χ1) is 14.9. The molecule has 0 bridgehead atoms. The Morgan fingerprint density at radius 2 is 2.00 bits per heavy atom. The van der Waals surface area contributed by atoms with Gasteiger partial charge in [0.05, 0.1) is 28.2 Å². The minimum atomic E-state index is -0.462. The number of nitrogens with zero attached hydrogens (tertiary/aromatic N) is 5. The Balaban J connectivity index is 1.95. The van der Waals surface area contributed by atoms with E-state index in [1.807, 2.05) is 6.92 Å². The Kier molecular flexibility index (Phi) is 5.66. The van der Waals surface area contributed by atoms with Gasteiger partial charge in [-0.15, -0.1) is 0 Å². The highest BCUT2D eigenvalue weighted by atomic mass is 35.5. The van der Waals surface area contributed by atoms with Crippen LogP contribution in [-0.4, -0.2) is 29.7 Å². The van der Waals surface area contributed by atoms with Gasteiger partial charge in [0, 0.05) is 6.07 Å². The molecule has 0 saturated heterocycles. The summed E-state index contributed by atoms with van der Waals surface area (Å²) in [6.45, 7) is 2.01. The van der Waals surface area contributed by atoms with Gasteiger partial charge in [-0.2, -0.15) is 15.1 Å². The van der Waals surface area contributed by atoms with Gasteiger partial charge in [0.15, 0.2) is 5.82 Å². The quantitative estimate of drug-likeness (QED) is 0.342. The van der Waals surface area contributed by atoms with Crippen LogP contribution >= 0.6 is 23.2 Å². The molecule has 0 radical (unpaired) electrons. The summed E-state index contributed by atoms with van der Waals surface area (Å²) in [6.07, 6.45) is 2.93. The van der Waals surface area contributed by atoms with Crippen molar-refractivity contribution in [3.8, 4) is 5.82 Å². The molecule has 0 aliphatic rings. The van der Waals surface area contributed by atoms with Crippen molar-refractivity contribution < 1.29 is 0 Å². The van der Waals surface area contributed by atoms with Gasteiger partial charge in [0.1, 0.15) is 22.5 Å². The van der Waals surface area contributed by atoms with Crippen LogP contribution < -0.4 is 22.3 Å². The molecule has 6 N–H and O–H groups in total. The zero-order chi connectivity index (χ0) is 22.1. The maximum Gasteiger partial charge on any atom is 0.268 e. The lowest BCUT2D eigenvalue weighted by Gasteiger charge is -2.23. The molecular weight excluding hydrogens is 441 g/mol. The van der Waals surface area contributed by atoms with E-state index >= 15 is 0 Å². The number of fused-ring (bicyclic) bond motifs is 1. The molecule has 4 aromatic rings. The number of nitrogens with one attached hydrogen (secondary N) is 2. The molecule has 0 fully saturated rings. The van der Waals surface area contributed by atoms with E-state index in [0.717, 1.165) is 6.42 Å². The second-order valence-electron chi connectivity index (χ2n) is 6.80. The van der Waals surface area contributed by atoms with Crippen molar-refractivity contribution in [2.75, 3.05) is 16.8 Å². The van der Waals surface area contributed by atoms with Gasteiger partial charge < -0.3 is 16.8 Å². The topological polar surface area (TPSA) is 153 Å². The maximum atomic E-state index is 13.5. The first-order valence-electron chi connectivity index (χ1n) is 9.46. The zero-order valence-corrected chi connectivity index (χ0v) is 17.9. The predicted octanol–water partition coefficient (Wildman–Crippen LogP) is 3.32. The van der Waals surface area contributed by atoms with Crippen molar-refractivity contribution in [2.24, 2.45) is 0 Å². The molecule has 3 aromatic heterocycles. The van der Waals surface area contributed by atoms with E-state index < -0.39 is 6.04 Å². The Bertz CT molecular complexity index is 1300. The number of benzene rings is 1. The standard InChI is InChI=1S/C19H19Cl2N9O/c1-2-4-11(25-16-14(21)15(22)27-19(23)28-16)17-26-10-6-3-5-9(20)13(10)18(31)30(17)12-7-8-24-29-12/h3,5-8,11H,2,4H2,1H3,(H,24,29)(H5,22,23,25,27,28)/t11-/m0/s1. The van der Waals surface area contributed by atoms with Gasteiger partial charge >= 0.3 is 0 Å². The summed E-state index contributed by atoms with van der Waals surface area (Å²) in [6, 6.07) is 6.34. The zero-order valence-electron chi connectivity index (χ0n) is 16.4. The molecule has 10 nitrogen and oxygen atoms in total. The number of nitrogens with two attached hydrogens (primary N) is 2. The van der Waals surface area contributed by atoms with Crippen LogP contribution in [0.3, 0.4) is 0 Å². The molecule has 0 saturated carbocycles. The fraction of sp³-hybridized carbons (Fsp3) is 0.211. The average molecular weight is 460 g/mol. The lowest BCUT2D eigenvalue weighted by molar-refractivity contribution is 0.612. The third kappa shape index (κ3) is 3.87. The van der Waals surface area contributed by atoms with Crippen LogP contribution in [0.2, 0.25) is 10.0 Å². The fourth-order valence-electron chi connectivity index (χ4n) is 3.34. The lowest BCUT2D eigenvalue weighted by atomic mass is 10.1. The van der Waals surface area contributed by atoms with Gasteiger partial charge in [0.2, 0.25) is 5.95 Å². The molecule has 0 aliphatic carbocycles. The van der Waals surface area contributed by atoms with Gasteiger partial charge in [-0.1, -0.05) is 42.6 Å². The van der Waals surface area contributed by atoms with Crippen LogP contribution in [0.15, 0.2) is 35.3 Å². The van der Waals surface area contributed by atoms with Crippen molar-refractivity contribution in [1.82, 2.24) is 29.7 Å². The van der Waals surface area contributed by atoms with Crippen molar-refractivity contribution in [1.29, 1.82) is 0 Å². The van der Waals surface area contributed by atoms with E-state index in [0.29, 0.717) is 34.0 Å². The largest absolute Gasteiger partial charge is 0.382 e. The van der Waals surface area contributed by atoms with Gasteiger partial charge in [-0.3, -0.25) is 9.89 Å². The fourth-order valence-corrected chi connectivity index (χ4v) is 3.73. The van der Waals surface area contributed by atoms with Crippen LogP contribution in [0.1, 0.15) is 31.6 Å². The third-order valence-corrected chi connectivity index (χ3v) is 5.38. The molecule has 0 amide bonds. The van der Waals surface area contributed by atoms with Gasteiger partial charge in [-0.25, -0.2) is 9.55 Å². The molecular formula is C19H19Cl2N9O. The molecule has 1 aromatic carbocycles. The highest BCUT2D eigenvalue weighted by Crippen LogP contribution is 2.31. The molecule has 4 rings (SSSR count). The number of aromatic amines is 1. The van der Waals surface area contributed by atoms with Crippen LogP contribution in [0.25, 0.3) is 16.7 Å². The summed E-state index contributed by atoms with van der Waals surface area (Å²) in [5, 5.41) is 10.8. The van der Waals surface area contributed by atoms with E-state index in [-0.39, 0.29) is 28.2 Å². The molecule has 1 atom stereocenters. The first kappa shape index (κ1) is 20.9. The molecule has 0 aliphatic heterocycles. The predicted molar refractivity (Wildman–Crippen MR) is 122 cm³/mol. The average Bonchev–Trinajstić information content (AvgIpc) is 3.25. The van der Waals surface area contributed by atoms with Crippen molar-refractivity contribution in [3.63, 3.8) is 0 Å². The molecule has 0 unspecified atom stereocenters. The normalized spacial score (nSPS) is 12.2. The summed E-state index contributed by atoms with van der Waals surface area (Å²) in [5.41, 5.74) is 11.7. The second kappa shape index (κ2) is 8.40. The van der Waals surface area contributed by atoms with Crippen molar-refractivity contribution in [2.45, 2.75) is 25.8 Å². The van der Waals surface area contributed by atoms with Crippen LogP contribution in [0.4, 0.5) is 17.6 Å². The Morgan fingerprint density at radius 3 is 2.71 bits per heavy atom. The molecule has 12 heteroatoms. The highest BCUT2D eigenvalue weighted by Gasteiger charge is 2.24. The maximum absolute atomic E-state index is 13.5. The Labute approximate surface area is 186 Å². The third-order valence-electron chi connectivity index (χ3n) is 4.69. The molecule has 0 spiro atoms. The second-order valence-corrected chi connectivity index (χ2v) is 7.59. The summed E-state index contributed by atoms with van der Waals surface area (Å²) < 4.78 is 1.44. The molecule has 3 heterocycles. The summed E-state index contributed by atoms with van der Waals surface area (Å²) in [5.74, 6) is 1.16. The van der Waals surface area contributed by atoms with Crippen LogP contribution in [-0.2, 0) is 0 Å². The number of anilines is 3. The van der Waals surface area contributed by atoms with E-state index in [9.17, 15) is 4.79 Å². The minimum absolute atomic E-state index is 0.0242. The van der Waals surface area contributed by atoms with Crippen LogP contribution in [0.5, 0.6) is 0 Å². The summed E-state index contributed by atoms with van der Waals surface area (Å²) in [4.78, 5) is 26.3.